The van der Waals surface area contributed by atoms with E-state index in [0.717, 1.165) is 42.8 Å². The van der Waals surface area contributed by atoms with Gasteiger partial charge in [-0.05, 0) is 29.8 Å². The number of nitrogens with zero attached hydrogens (tertiary/aromatic N) is 2. The Morgan fingerprint density at radius 1 is 1.12 bits per heavy atom. The summed E-state index contributed by atoms with van der Waals surface area (Å²) in [4.78, 5) is 20.0. The van der Waals surface area contributed by atoms with Crippen molar-refractivity contribution in [1.29, 1.82) is 0 Å². The molecule has 0 bridgehead atoms. The normalized spacial score (nSPS) is 14.6. The first kappa shape index (κ1) is 16.7. The van der Waals surface area contributed by atoms with Gasteiger partial charge in [0.2, 0.25) is 0 Å². The highest BCUT2D eigenvalue weighted by atomic mass is 16.5. The third-order valence-corrected chi connectivity index (χ3v) is 4.84. The zero-order valence-electron chi connectivity index (χ0n) is 14.9. The molecule has 1 aliphatic heterocycles. The van der Waals surface area contributed by atoms with Crippen LogP contribution in [0.3, 0.4) is 0 Å². The average Bonchev–Trinajstić information content (AvgIpc) is 3.13. The Labute approximate surface area is 153 Å². The van der Waals surface area contributed by atoms with E-state index in [1.807, 2.05) is 37.4 Å². The van der Waals surface area contributed by atoms with Gasteiger partial charge in [-0.2, -0.15) is 0 Å². The molecule has 2 aromatic carbocycles. The van der Waals surface area contributed by atoms with Crippen LogP contribution in [-0.2, 0) is 11.3 Å². The van der Waals surface area contributed by atoms with Crippen molar-refractivity contribution in [2.75, 3.05) is 38.3 Å². The Hall–Kier alpha value is -2.79. The Balaban J connectivity index is 1.43. The lowest BCUT2D eigenvalue weighted by atomic mass is 10.1. The molecule has 0 saturated carbocycles. The number of nitrogens with one attached hydrogen (secondary N) is 1. The summed E-state index contributed by atoms with van der Waals surface area (Å²) in [6, 6.07) is 18.3. The molecule has 0 unspecified atom stereocenters. The summed E-state index contributed by atoms with van der Waals surface area (Å²) in [7, 11) is 1.84. The van der Waals surface area contributed by atoms with Crippen molar-refractivity contribution in [3.8, 4) is 0 Å². The molecule has 2 heterocycles. The SMILES string of the molecule is CN(Cc1ccc(N2CCOCC2)cc1)C(=O)c1cc2ccccc2[nH]1. The largest absolute Gasteiger partial charge is 0.378 e. The average molecular weight is 349 g/mol. The molecule has 0 atom stereocenters. The summed E-state index contributed by atoms with van der Waals surface area (Å²) in [6.07, 6.45) is 0. The zero-order chi connectivity index (χ0) is 17.9. The van der Waals surface area contributed by atoms with Crippen LogP contribution in [0.2, 0.25) is 0 Å². The summed E-state index contributed by atoms with van der Waals surface area (Å²) in [6.45, 7) is 4.00. The number of para-hydroxylation sites is 1. The number of morpholine rings is 1. The van der Waals surface area contributed by atoms with Crippen LogP contribution in [0.25, 0.3) is 10.9 Å². The standard InChI is InChI=1S/C21H23N3O2/c1-23(21(25)20-14-17-4-2-3-5-19(17)22-20)15-16-6-8-18(9-7-16)24-10-12-26-13-11-24/h2-9,14,22H,10-13,15H2,1H3. The molecule has 0 spiro atoms. The van der Waals surface area contributed by atoms with E-state index in [4.69, 9.17) is 4.74 Å². The first-order valence-corrected chi connectivity index (χ1v) is 8.95. The van der Waals surface area contributed by atoms with Gasteiger partial charge in [0.25, 0.3) is 5.91 Å². The van der Waals surface area contributed by atoms with Crippen LogP contribution in [0, 0.1) is 0 Å². The van der Waals surface area contributed by atoms with Gasteiger partial charge >= 0.3 is 0 Å². The molecule has 0 radical (unpaired) electrons. The number of carbonyl (C=O) groups is 1. The molecule has 5 heteroatoms. The topological polar surface area (TPSA) is 48.6 Å². The van der Waals surface area contributed by atoms with E-state index in [0.29, 0.717) is 12.2 Å². The molecule has 134 valence electrons. The Bertz CT molecular complexity index is 862. The fourth-order valence-electron chi connectivity index (χ4n) is 3.37. The van der Waals surface area contributed by atoms with Crippen molar-refractivity contribution < 1.29 is 9.53 Å². The van der Waals surface area contributed by atoms with E-state index in [1.54, 1.807) is 4.90 Å². The number of aromatic nitrogens is 1. The Morgan fingerprint density at radius 3 is 2.58 bits per heavy atom. The molecular formula is C21H23N3O2. The fourth-order valence-corrected chi connectivity index (χ4v) is 3.37. The number of hydrogen-bond acceptors (Lipinski definition) is 3. The molecule has 1 saturated heterocycles. The number of hydrogen-bond donors (Lipinski definition) is 1. The number of benzene rings is 2. The number of carbonyl (C=O) groups excluding carboxylic acids is 1. The Kier molecular flexibility index (Phi) is 4.63. The third-order valence-electron chi connectivity index (χ3n) is 4.84. The highest BCUT2D eigenvalue weighted by Gasteiger charge is 2.15. The van der Waals surface area contributed by atoms with Gasteiger partial charge in [-0.25, -0.2) is 0 Å². The second kappa shape index (κ2) is 7.22. The van der Waals surface area contributed by atoms with E-state index in [-0.39, 0.29) is 5.91 Å². The van der Waals surface area contributed by atoms with Crippen LogP contribution in [0.15, 0.2) is 54.6 Å². The van der Waals surface area contributed by atoms with E-state index < -0.39 is 0 Å². The van der Waals surface area contributed by atoms with Crippen molar-refractivity contribution in [3.63, 3.8) is 0 Å². The van der Waals surface area contributed by atoms with Crippen molar-refractivity contribution in [2.45, 2.75) is 6.54 Å². The minimum atomic E-state index is -0.00143. The van der Waals surface area contributed by atoms with Crippen LogP contribution in [0.4, 0.5) is 5.69 Å². The van der Waals surface area contributed by atoms with Gasteiger partial charge in [0.1, 0.15) is 5.69 Å². The van der Waals surface area contributed by atoms with Crippen molar-refractivity contribution in [2.24, 2.45) is 0 Å². The molecular weight excluding hydrogens is 326 g/mol. The van der Waals surface area contributed by atoms with Gasteiger partial charge in [-0.1, -0.05) is 30.3 Å². The van der Waals surface area contributed by atoms with E-state index >= 15 is 0 Å². The van der Waals surface area contributed by atoms with Crippen LogP contribution in [-0.4, -0.2) is 49.1 Å². The molecule has 1 N–H and O–H groups in total. The smallest absolute Gasteiger partial charge is 0.270 e. The zero-order valence-corrected chi connectivity index (χ0v) is 14.9. The number of ether oxygens (including phenoxy) is 1. The monoisotopic (exact) mass is 349 g/mol. The molecule has 26 heavy (non-hydrogen) atoms. The lowest BCUT2D eigenvalue weighted by Crippen LogP contribution is -2.36. The number of rotatable bonds is 4. The maximum Gasteiger partial charge on any atom is 0.270 e. The predicted octanol–water partition coefficient (Wildman–Crippen LogP) is 3.28. The fraction of sp³-hybridized carbons (Fsp3) is 0.286. The van der Waals surface area contributed by atoms with Gasteiger partial charge in [0.05, 0.1) is 13.2 Å². The second-order valence-electron chi connectivity index (χ2n) is 6.70. The van der Waals surface area contributed by atoms with Crippen molar-refractivity contribution in [1.82, 2.24) is 9.88 Å². The molecule has 3 aromatic rings. The highest BCUT2D eigenvalue weighted by Crippen LogP contribution is 2.19. The van der Waals surface area contributed by atoms with Crippen molar-refractivity contribution >= 4 is 22.5 Å². The molecule has 1 amide bonds. The van der Waals surface area contributed by atoms with Crippen LogP contribution in [0.5, 0.6) is 0 Å². The maximum atomic E-state index is 12.7. The van der Waals surface area contributed by atoms with Crippen molar-refractivity contribution in [3.05, 3.63) is 65.9 Å². The summed E-state index contributed by atoms with van der Waals surface area (Å²) < 4.78 is 5.40. The van der Waals surface area contributed by atoms with E-state index in [1.165, 1.54) is 5.69 Å². The first-order chi connectivity index (χ1) is 12.7. The summed E-state index contributed by atoms with van der Waals surface area (Å²) in [5.41, 5.74) is 3.94. The summed E-state index contributed by atoms with van der Waals surface area (Å²) in [5.74, 6) is -0.00143. The van der Waals surface area contributed by atoms with Gasteiger partial charge in [-0.3, -0.25) is 4.79 Å². The molecule has 1 aliphatic rings. The van der Waals surface area contributed by atoms with Crippen LogP contribution < -0.4 is 4.90 Å². The molecule has 1 fully saturated rings. The number of H-pyrrole nitrogens is 1. The molecule has 0 aliphatic carbocycles. The van der Waals surface area contributed by atoms with Crippen LogP contribution >= 0.6 is 0 Å². The van der Waals surface area contributed by atoms with Gasteiger partial charge in [0.15, 0.2) is 0 Å². The second-order valence-corrected chi connectivity index (χ2v) is 6.70. The minimum Gasteiger partial charge on any atom is -0.378 e. The highest BCUT2D eigenvalue weighted by molar-refractivity contribution is 5.97. The Morgan fingerprint density at radius 2 is 1.85 bits per heavy atom. The van der Waals surface area contributed by atoms with Gasteiger partial charge < -0.3 is 19.5 Å². The van der Waals surface area contributed by atoms with Gasteiger partial charge in [-0.15, -0.1) is 0 Å². The number of anilines is 1. The van der Waals surface area contributed by atoms with Gasteiger partial charge in [0, 0.05) is 43.3 Å². The number of fused-ring (bicyclic) bond motifs is 1. The number of amides is 1. The predicted molar refractivity (Wildman–Crippen MR) is 104 cm³/mol. The quantitative estimate of drug-likeness (QED) is 0.786. The molecule has 4 rings (SSSR count). The summed E-state index contributed by atoms with van der Waals surface area (Å²) in [5, 5.41) is 1.05. The molecule has 5 nitrogen and oxygen atoms in total. The van der Waals surface area contributed by atoms with E-state index in [2.05, 4.69) is 34.1 Å². The van der Waals surface area contributed by atoms with Crippen LogP contribution in [0.1, 0.15) is 16.1 Å². The minimum absolute atomic E-state index is 0.00143. The third kappa shape index (κ3) is 3.44. The number of aromatic amines is 1. The lowest BCUT2D eigenvalue weighted by molar-refractivity contribution is 0.0780. The first-order valence-electron chi connectivity index (χ1n) is 8.95. The van der Waals surface area contributed by atoms with E-state index in [9.17, 15) is 4.79 Å². The summed E-state index contributed by atoms with van der Waals surface area (Å²) >= 11 is 0. The lowest BCUT2D eigenvalue weighted by Gasteiger charge is -2.29. The molecule has 1 aromatic heterocycles. The maximum absolute atomic E-state index is 12.7.